The fourth-order valence-corrected chi connectivity index (χ4v) is 4.15. The number of nitrogens with one attached hydrogen (secondary N) is 1. The summed E-state index contributed by atoms with van der Waals surface area (Å²) >= 11 is 0. The molecule has 0 fully saturated rings. The zero-order valence-corrected chi connectivity index (χ0v) is 23.6. The first-order valence-electron chi connectivity index (χ1n) is 13.0. The molecule has 13 heteroatoms. The molecule has 3 aromatic rings. The monoisotopic (exact) mass is 569 g/mol. The SMILES string of the molecule is COc1cc(OC)cc(C(=O)OCCN(CCCc2ccc([N+](=O)[O-])cc2)CCNc2cc(=O)n(C)c(=O)n2C)c1. The summed E-state index contributed by atoms with van der Waals surface area (Å²) in [6, 6.07) is 12.6. The highest BCUT2D eigenvalue weighted by atomic mass is 16.6. The maximum atomic E-state index is 12.7. The topological polar surface area (TPSA) is 147 Å². The van der Waals surface area contributed by atoms with Crippen LogP contribution in [-0.4, -0.2) is 71.9 Å². The Morgan fingerprint density at radius 1 is 0.951 bits per heavy atom. The van der Waals surface area contributed by atoms with Crippen molar-refractivity contribution in [2.24, 2.45) is 14.1 Å². The van der Waals surface area contributed by atoms with E-state index in [1.165, 1.54) is 44.0 Å². The molecule has 0 radical (unpaired) electrons. The molecule has 0 aliphatic carbocycles. The van der Waals surface area contributed by atoms with E-state index in [1.807, 2.05) is 0 Å². The molecule has 0 aliphatic heterocycles. The van der Waals surface area contributed by atoms with Gasteiger partial charge in [-0.2, -0.15) is 0 Å². The van der Waals surface area contributed by atoms with Gasteiger partial charge in [0, 0.05) is 58.0 Å². The Kier molecular flexibility index (Phi) is 11.0. The van der Waals surface area contributed by atoms with E-state index >= 15 is 0 Å². The number of rotatable bonds is 15. The molecule has 0 spiro atoms. The van der Waals surface area contributed by atoms with Crippen molar-refractivity contribution in [2.75, 3.05) is 52.3 Å². The summed E-state index contributed by atoms with van der Waals surface area (Å²) < 4.78 is 18.4. The Morgan fingerprint density at radius 3 is 2.22 bits per heavy atom. The maximum absolute atomic E-state index is 12.7. The predicted octanol–water partition coefficient (Wildman–Crippen LogP) is 2.21. The van der Waals surface area contributed by atoms with Crippen molar-refractivity contribution in [1.82, 2.24) is 14.0 Å². The molecule has 2 aromatic carbocycles. The van der Waals surface area contributed by atoms with Crippen molar-refractivity contribution in [2.45, 2.75) is 12.8 Å². The highest BCUT2D eigenvalue weighted by molar-refractivity contribution is 5.90. The number of esters is 1. The maximum Gasteiger partial charge on any atom is 0.338 e. The molecule has 0 saturated heterocycles. The zero-order chi connectivity index (χ0) is 29.9. The van der Waals surface area contributed by atoms with E-state index in [9.17, 15) is 24.5 Å². The number of aromatic nitrogens is 2. The van der Waals surface area contributed by atoms with E-state index < -0.39 is 22.1 Å². The van der Waals surface area contributed by atoms with Crippen molar-refractivity contribution in [3.63, 3.8) is 0 Å². The Labute approximate surface area is 237 Å². The van der Waals surface area contributed by atoms with Gasteiger partial charge in [0.05, 0.1) is 24.7 Å². The van der Waals surface area contributed by atoms with Crippen LogP contribution in [-0.2, 0) is 25.3 Å². The number of ether oxygens (including phenoxy) is 3. The van der Waals surface area contributed by atoms with E-state index in [0.29, 0.717) is 55.5 Å². The van der Waals surface area contributed by atoms with E-state index in [-0.39, 0.29) is 12.3 Å². The number of hydrogen-bond acceptors (Lipinski definition) is 10. The van der Waals surface area contributed by atoms with Gasteiger partial charge in [-0.1, -0.05) is 12.1 Å². The minimum atomic E-state index is -0.513. The van der Waals surface area contributed by atoms with Crippen molar-refractivity contribution in [3.8, 4) is 11.5 Å². The Balaban J connectivity index is 1.61. The summed E-state index contributed by atoms with van der Waals surface area (Å²) in [6.07, 6.45) is 1.46. The molecular formula is C28H35N5O8. The number of carbonyl (C=O) groups excluding carboxylic acids is 1. The summed E-state index contributed by atoms with van der Waals surface area (Å²) in [5.41, 5.74) is 0.487. The number of anilines is 1. The Bertz CT molecular complexity index is 1440. The number of nitro benzene ring substituents is 1. The average Bonchev–Trinajstić information content (AvgIpc) is 2.98. The van der Waals surface area contributed by atoms with Gasteiger partial charge < -0.3 is 19.5 Å². The molecule has 1 aromatic heterocycles. The third-order valence-corrected chi connectivity index (χ3v) is 6.57. The molecule has 0 atom stereocenters. The fraction of sp³-hybridized carbons (Fsp3) is 0.393. The molecule has 41 heavy (non-hydrogen) atoms. The summed E-state index contributed by atoms with van der Waals surface area (Å²) in [6.45, 7) is 2.18. The van der Waals surface area contributed by atoms with Crippen LogP contribution in [0.4, 0.5) is 11.5 Å². The van der Waals surface area contributed by atoms with Gasteiger partial charge in [0.25, 0.3) is 11.2 Å². The minimum absolute atomic E-state index is 0.0436. The minimum Gasteiger partial charge on any atom is -0.497 e. The average molecular weight is 570 g/mol. The Morgan fingerprint density at radius 2 is 1.61 bits per heavy atom. The quantitative estimate of drug-likeness (QED) is 0.164. The molecular weight excluding hydrogens is 534 g/mol. The number of benzene rings is 2. The van der Waals surface area contributed by atoms with Crippen molar-refractivity contribution >= 4 is 17.5 Å². The van der Waals surface area contributed by atoms with Gasteiger partial charge in [0.15, 0.2) is 0 Å². The number of hydrogen-bond donors (Lipinski definition) is 1. The van der Waals surface area contributed by atoms with E-state index in [4.69, 9.17) is 14.2 Å². The molecule has 13 nitrogen and oxygen atoms in total. The largest absolute Gasteiger partial charge is 0.497 e. The van der Waals surface area contributed by atoms with Crippen LogP contribution >= 0.6 is 0 Å². The van der Waals surface area contributed by atoms with E-state index in [1.54, 1.807) is 37.4 Å². The lowest BCUT2D eigenvalue weighted by Gasteiger charge is -2.23. The van der Waals surface area contributed by atoms with Gasteiger partial charge in [-0.25, -0.2) is 9.59 Å². The second kappa shape index (κ2) is 14.7. The van der Waals surface area contributed by atoms with Gasteiger partial charge in [-0.15, -0.1) is 0 Å². The molecule has 0 bridgehead atoms. The van der Waals surface area contributed by atoms with Crippen LogP contribution in [0, 0.1) is 10.1 Å². The number of nitrogens with zero attached hydrogens (tertiary/aromatic N) is 4. The number of aryl methyl sites for hydroxylation is 1. The molecule has 0 saturated carbocycles. The third-order valence-electron chi connectivity index (χ3n) is 6.57. The van der Waals surface area contributed by atoms with Crippen LogP contribution in [0.15, 0.2) is 58.1 Å². The number of nitro groups is 1. The molecule has 220 valence electrons. The van der Waals surface area contributed by atoms with Gasteiger partial charge in [-0.3, -0.25) is 28.9 Å². The van der Waals surface area contributed by atoms with Crippen LogP contribution in [0.2, 0.25) is 0 Å². The number of non-ortho nitro benzene ring substituents is 1. The Hall–Kier alpha value is -4.65. The van der Waals surface area contributed by atoms with Crippen LogP contribution < -0.4 is 26.0 Å². The molecule has 0 aliphatic rings. The first-order chi connectivity index (χ1) is 19.6. The highest BCUT2D eigenvalue weighted by Crippen LogP contribution is 2.23. The van der Waals surface area contributed by atoms with Crippen molar-refractivity contribution in [3.05, 3.63) is 90.6 Å². The van der Waals surface area contributed by atoms with E-state index in [0.717, 1.165) is 16.6 Å². The van der Waals surface area contributed by atoms with Crippen LogP contribution in [0.5, 0.6) is 11.5 Å². The number of carbonyl (C=O) groups is 1. The van der Waals surface area contributed by atoms with Crippen LogP contribution in [0.25, 0.3) is 0 Å². The molecule has 0 amide bonds. The lowest BCUT2D eigenvalue weighted by molar-refractivity contribution is -0.384. The molecule has 0 unspecified atom stereocenters. The molecule has 1 N–H and O–H groups in total. The van der Waals surface area contributed by atoms with Crippen LogP contribution in [0.3, 0.4) is 0 Å². The first-order valence-corrected chi connectivity index (χ1v) is 13.0. The van der Waals surface area contributed by atoms with Crippen molar-refractivity contribution < 1.29 is 23.9 Å². The van der Waals surface area contributed by atoms with Gasteiger partial charge >= 0.3 is 11.7 Å². The fourth-order valence-electron chi connectivity index (χ4n) is 4.15. The third kappa shape index (κ3) is 8.67. The van der Waals surface area contributed by atoms with E-state index in [2.05, 4.69) is 10.2 Å². The van der Waals surface area contributed by atoms with Gasteiger partial charge in [-0.05, 0) is 37.1 Å². The molecule has 1 heterocycles. The lowest BCUT2D eigenvalue weighted by Crippen LogP contribution is -2.38. The molecule has 3 rings (SSSR count). The summed E-state index contributed by atoms with van der Waals surface area (Å²) in [4.78, 5) is 49.5. The van der Waals surface area contributed by atoms with Crippen LogP contribution in [0.1, 0.15) is 22.3 Å². The van der Waals surface area contributed by atoms with Gasteiger partial charge in [0.2, 0.25) is 0 Å². The number of methoxy groups -OCH3 is 2. The lowest BCUT2D eigenvalue weighted by atomic mass is 10.1. The standard InChI is InChI=1S/C28H35N5O8/c1-30-25(19-26(34)31(2)28(30)36)29-11-13-32(12-5-6-20-7-9-22(10-8-20)33(37)38)14-15-41-27(35)21-16-23(39-3)18-24(17-21)40-4/h7-10,16-19,29H,5-6,11-15H2,1-4H3. The zero-order valence-electron chi connectivity index (χ0n) is 23.6. The van der Waals surface area contributed by atoms with Crippen molar-refractivity contribution in [1.29, 1.82) is 0 Å². The second-order valence-electron chi connectivity index (χ2n) is 9.30. The first kappa shape index (κ1) is 30.9. The van der Waals surface area contributed by atoms with Gasteiger partial charge in [0.1, 0.15) is 23.9 Å². The summed E-state index contributed by atoms with van der Waals surface area (Å²) in [7, 11) is 6.00. The summed E-state index contributed by atoms with van der Waals surface area (Å²) in [5, 5.41) is 14.0. The second-order valence-corrected chi connectivity index (χ2v) is 9.30. The highest BCUT2D eigenvalue weighted by Gasteiger charge is 2.14. The normalized spacial score (nSPS) is 10.9. The summed E-state index contributed by atoms with van der Waals surface area (Å²) in [5.74, 6) is 0.837. The predicted molar refractivity (Wildman–Crippen MR) is 153 cm³/mol. The smallest absolute Gasteiger partial charge is 0.338 e.